The third-order valence-corrected chi connectivity index (χ3v) is 16.3. The highest BCUT2D eigenvalue weighted by Gasteiger charge is 2.43. The summed E-state index contributed by atoms with van der Waals surface area (Å²) >= 11 is 0. The van der Waals surface area contributed by atoms with Crippen molar-refractivity contribution in [3.63, 3.8) is 0 Å². The van der Waals surface area contributed by atoms with Gasteiger partial charge in [0.15, 0.2) is 0 Å². The average Bonchev–Trinajstić information content (AvgIpc) is 0.788. The van der Waals surface area contributed by atoms with Crippen molar-refractivity contribution < 1.29 is 35.1 Å². The topological polar surface area (TPSA) is 160 Å². The minimum absolute atomic E-state index is 0. The van der Waals surface area contributed by atoms with Crippen molar-refractivity contribution in [1.29, 1.82) is 0 Å². The number of rotatable bonds is 12. The quantitative estimate of drug-likeness (QED) is 0.0766. The smallest absolute Gasteiger partial charge is 0.259 e. The maximum absolute atomic E-state index is 15.2. The van der Waals surface area contributed by atoms with Crippen molar-refractivity contribution in [3.8, 4) is 11.5 Å². The summed E-state index contributed by atoms with van der Waals surface area (Å²) in [5.74, 6) is 0.244. The van der Waals surface area contributed by atoms with Gasteiger partial charge < -0.3 is 36.2 Å². The van der Waals surface area contributed by atoms with E-state index in [2.05, 4.69) is 248 Å². The van der Waals surface area contributed by atoms with Crippen LogP contribution >= 0.6 is 0 Å². The van der Waals surface area contributed by atoms with Gasteiger partial charge in [-0.05, 0) is 103 Å². The van der Waals surface area contributed by atoms with E-state index in [1.165, 1.54) is 0 Å². The largest absolute Gasteiger partial charge is 0.455 e. The molecule has 0 radical (unpaired) electrons. The Morgan fingerprint density at radius 1 is 0.333 bits per heavy atom. The molecule has 0 bridgehead atoms. The number of aliphatic hydroxyl groups is 3. The lowest BCUT2D eigenvalue weighted by Gasteiger charge is -2.38. The van der Waals surface area contributed by atoms with Crippen LogP contribution in [0.2, 0.25) is 0 Å². The Hall–Kier alpha value is -9.22. The van der Waals surface area contributed by atoms with E-state index in [1.54, 1.807) is 0 Å². The molecule has 1 heterocycles. The van der Waals surface area contributed by atoms with Gasteiger partial charge in [-0.15, -0.1) is 0 Å². The molecule has 1 aliphatic rings. The van der Waals surface area contributed by atoms with E-state index >= 15 is 9.59 Å². The minimum Gasteiger partial charge on any atom is -0.455 e. The number of ether oxygens (including phenoxy) is 1. The zero-order chi connectivity index (χ0) is 61.9. The zero-order valence-electron chi connectivity index (χ0n) is 51.8. The van der Waals surface area contributed by atoms with Crippen molar-refractivity contribution >= 4 is 23.2 Å². The van der Waals surface area contributed by atoms with Gasteiger partial charge in [-0.3, -0.25) is 9.59 Å². The van der Waals surface area contributed by atoms with Crippen LogP contribution < -0.4 is 15.4 Å². The van der Waals surface area contributed by atoms with Crippen LogP contribution in [0.4, 0.5) is 11.4 Å². The van der Waals surface area contributed by atoms with Crippen LogP contribution in [0.3, 0.4) is 0 Å². The number of anilines is 2. The maximum Gasteiger partial charge on any atom is 0.259 e. The summed E-state index contributed by atoms with van der Waals surface area (Å²) in [4.78, 5) is 30.4. The second kappa shape index (κ2) is 27.9. The summed E-state index contributed by atoms with van der Waals surface area (Å²) in [5, 5.41) is 27.6. The lowest BCUT2D eigenvalue weighted by molar-refractivity contribution is 0.101. The van der Waals surface area contributed by atoms with Crippen molar-refractivity contribution in [3.05, 3.63) is 333 Å². The molecule has 0 unspecified atom stereocenters. The maximum atomic E-state index is 15.2. The predicted octanol–water partition coefficient (Wildman–Crippen LogP) is 16.0. The van der Waals surface area contributed by atoms with Crippen LogP contribution in [0.5, 0.6) is 11.5 Å². The zero-order valence-corrected chi connectivity index (χ0v) is 51.8. The number of benzene rings is 10. The van der Waals surface area contributed by atoms with Crippen LogP contribution in [0.1, 0.15) is 143 Å². The molecule has 0 aliphatic carbocycles. The molecular weight excluding hydrogens is 1080 g/mol. The SMILES string of the molecule is CC(C)(C)c1cc(C(=O)Nc2ccc(C(c3ccccc3)(c3ccccc3)c3ccccc3)cc2)c2c(c1)C(C)(C)c1cc(C(C)(C)C)cc(C(=O)Nc3ccc(C(c4ccccc4)(c4ccccc4)c4ccccc4)cc3)c1O2.CO.CO.CO.O. The monoisotopic (exact) mass is 1160 g/mol. The lowest BCUT2D eigenvalue weighted by atomic mass is 9.65. The predicted molar refractivity (Wildman–Crippen MR) is 356 cm³/mol. The number of carbonyl (C=O) groups excluding carboxylic acids is 2. The molecule has 2 amide bonds. The molecule has 87 heavy (non-hydrogen) atoms. The summed E-state index contributed by atoms with van der Waals surface area (Å²) in [6.45, 7) is 17.3. The molecule has 0 saturated heterocycles. The highest BCUT2D eigenvalue weighted by molar-refractivity contribution is 6.09. The van der Waals surface area contributed by atoms with E-state index in [0.29, 0.717) is 34.0 Å². The van der Waals surface area contributed by atoms with E-state index in [1.807, 2.05) is 72.8 Å². The summed E-state index contributed by atoms with van der Waals surface area (Å²) in [5.41, 5.74) is 12.1. The van der Waals surface area contributed by atoms with Crippen molar-refractivity contribution in [2.45, 2.75) is 82.5 Å². The Morgan fingerprint density at radius 3 is 0.770 bits per heavy atom. The van der Waals surface area contributed by atoms with Gasteiger partial charge in [-0.25, -0.2) is 0 Å². The number of carbonyl (C=O) groups is 2. The summed E-state index contributed by atoms with van der Waals surface area (Å²) < 4.78 is 7.13. The van der Waals surface area contributed by atoms with E-state index in [-0.39, 0.29) is 28.1 Å². The number of fused-ring (bicyclic) bond motifs is 2. The Kier molecular flexibility index (Phi) is 20.9. The second-order valence-electron chi connectivity index (χ2n) is 23.8. The second-order valence-corrected chi connectivity index (χ2v) is 23.8. The molecule has 10 aromatic carbocycles. The Bertz CT molecular complexity index is 3390. The van der Waals surface area contributed by atoms with E-state index < -0.39 is 16.2 Å². The number of amides is 2. The molecule has 9 heteroatoms. The van der Waals surface area contributed by atoms with Crippen LogP contribution in [-0.4, -0.2) is 53.9 Å². The number of hydrogen-bond acceptors (Lipinski definition) is 6. The van der Waals surface area contributed by atoms with Gasteiger partial charge in [-0.1, -0.05) is 274 Å². The highest BCUT2D eigenvalue weighted by Crippen LogP contribution is 2.54. The molecule has 1 aliphatic heterocycles. The molecule has 0 fully saturated rings. The van der Waals surface area contributed by atoms with E-state index in [0.717, 1.165) is 88.1 Å². The van der Waals surface area contributed by atoms with Gasteiger partial charge in [0.2, 0.25) is 0 Å². The molecule has 0 saturated carbocycles. The fourth-order valence-electron chi connectivity index (χ4n) is 12.0. The van der Waals surface area contributed by atoms with Crippen LogP contribution in [-0.2, 0) is 27.1 Å². The number of nitrogens with one attached hydrogen (secondary N) is 2. The number of aliphatic hydroxyl groups excluding tert-OH is 3. The van der Waals surface area contributed by atoms with Crippen molar-refractivity contribution in [2.24, 2.45) is 0 Å². The normalized spacial score (nSPS) is 12.2. The van der Waals surface area contributed by atoms with Crippen LogP contribution in [0, 0.1) is 0 Å². The molecule has 9 nitrogen and oxygen atoms in total. The van der Waals surface area contributed by atoms with Gasteiger partial charge in [-0.2, -0.15) is 0 Å². The van der Waals surface area contributed by atoms with E-state index in [9.17, 15) is 0 Å². The molecule has 0 aromatic heterocycles. The van der Waals surface area contributed by atoms with Crippen molar-refractivity contribution in [1.82, 2.24) is 0 Å². The minimum atomic E-state index is -0.690. The summed E-state index contributed by atoms with van der Waals surface area (Å²) in [6.07, 6.45) is 0. The Balaban J connectivity index is 0.00000150. The molecular formula is C78H82N2O7. The first kappa shape index (κ1) is 65.3. The summed E-state index contributed by atoms with van der Waals surface area (Å²) in [7, 11) is 3.00. The Morgan fingerprint density at radius 2 is 0.552 bits per heavy atom. The standard InChI is InChI=1S/C75H68N2O3.3CH4O.H2O/c1-71(2,3)59-47-63(69(78)76-61-43-39-57(40-44-61)74(51-27-15-9-16-28-51,52-29-17-10-18-30-52)53-31-19-11-20-32-53)67-65(49-59)73(7,8)66-50-60(72(4,5)6)48-64(68(66)80-67)70(79)77-62-45-41-58(42-46-62)75(54-33-21-12-22-34-54,55-35-23-13-24-36-55)56-37-25-14-26-38-56;3*1-2;/h9-50H,1-8H3,(H,76,78)(H,77,79);3*2H,1H3;1H2. The van der Waals surface area contributed by atoms with Gasteiger partial charge in [0.25, 0.3) is 11.8 Å². The lowest BCUT2D eigenvalue weighted by Crippen LogP contribution is -2.31. The first-order valence-electron chi connectivity index (χ1n) is 29.1. The molecule has 446 valence electrons. The highest BCUT2D eigenvalue weighted by atomic mass is 16.5. The first-order valence-corrected chi connectivity index (χ1v) is 29.1. The van der Waals surface area contributed by atoms with E-state index in [4.69, 9.17) is 20.1 Å². The van der Waals surface area contributed by atoms with Gasteiger partial charge in [0.1, 0.15) is 11.5 Å². The van der Waals surface area contributed by atoms with Gasteiger partial charge >= 0.3 is 0 Å². The fourth-order valence-corrected chi connectivity index (χ4v) is 12.0. The van der Waals surface area contributed by atoms with Crippen LogP contribution in [0.15, 0.2) is 255 Å². The van der Waals surface area contributed by atoms with Gasteiger partial charge in [0, 0.05) is 49.2 Å². The fraction of sp³-hybridized carbons (Fsp3) is 0.205. The number of hydrogen-bond donors (Lipinski definition) is 5. The molecule has 11 rings (SSSR count). The Labute approximate surface area is 514 Å². The molecule has 0 spiro atoms. The molecule has 10 aromatic rings. The van der Waals surface area contributed by atoms with Crippen LogP contribution in [0.25, 0.3) is 0 Å². The van der Waals surface area contributed by atoms with Gasteiger partial charge in [0.05, 0.1) is 22.0 Å². The summed E-state index contributed by atoms with van der Waals surface area (Å²) in [6, 6.07) is 88.3. The third-order valence-electron chi connectivity index (χ3n) is 16.3. The first-order chi connectivity index (χ1) is 41.5. The van der Waals surface area contributed by atoms with Crippen molar-refractivity contribution in [2.75, 3.05) is 32.0 Å². The average molecular weight is 1160 g/mol. The third kappa shape index (κ3) is 12.9. The molecule has 7 N–H and O–H groups in total. The molecule has 0 atom stereocenters.